The Balaban J connectivity index is 3.58. The van der Waals surface area contributed by atoms with Crippen molar-refractivity contribution in [1.82, 2.24) is 0 Å². The molecule has 1 nitrogen and oxygen atoms in total. The van der Waals surface area contributed by atoms with Gasteiger partial charge in [0.15, 0.2) is 0 Å². The van der Waals surface area contributed by atoms with Crippen LogP contribution in [0.3, 0.4) is 0 Å². The van der Waals surface area contributed by atoms with E-state index in [9.17, 15) is 0 Å². The highest BCUT2D eigenvalue weighted by Crippen LogP contribution is 2.23. The third-order valence-electron chi connectivity index (χ3n) is 1.67. The quantitative estimate of drug-likeness (QED) is 0.631. The van der Waals surface area contributed by atoms with Crippen LogP contribution in [0.15, 0.2) is 0 Å². The summed E-state index contributed by atoms with van der Waals surface area (Å²) in [4.78, 5) is 0. The van der Waals surface area contributed by atoms with Crippen molar-refractivity contribution in [1.29, 1.82) is 0 Å². The highest BCUT2D eigenvalue weighted by molar-refractivity contribution is 8.00. The van der Waals surface area contributed by atoms with Crippen LogP contribution in [0.4, 0.5) is 0 Å². The maximum Gasteiger partial charge on any atom is 0.0248 e. The minimum atomic E-state index is 0.319. The molecule has 0 aliphatic heterocycles. The maximum atomic E-state index is 5.51. The SMILES string of the molecule is CCC(C)(CN)SC. The molecule has 0 aliphatic carbocycles. The molecule has 0 spiro atoms. The van der Waals surface area contributed by atoms with Gasteiger partial charge in [-0.15, -0.1) is 0 Å². The van der Waals surface area contributed by atoms with Gasteiger partial charge in [-0.1, -0.05) is 6.92 Å². The first-order valence-corrected chi connectivity index (χ1v) is 4.16. The van der Waals surface area contributed by atoms with Gasteiger partial charge in [-0.05, 0) is 19.6 Å². The fourth-order valence-corrected chi connectivity index (χ4v) is 0.827. The van der Waals surface area contributed by atoms with Crippen molar-refractivity contribution in [2.24, 2.45) is 5.73 Å². The third-order valence-corrected chi connectivity index (χ3v) is 3.11. The molecule has 0 rings (SSSR count). The van der Waals surface area contributed by atoms with Gasteiger partial charge in [-0.2, -0.15) is 11.8 Å². The standard InChI is InChI=1S/C6H15NS/c1-4-6(2,5-7)8-3/h4-5,7H2,1-3H3. The second-order valence-corrected chi connectivity index (χ2v) is 3.61. The molecule has 1 unspecified atom stereocenters. The first-order valence-electron chi connectivity index (χ1n) is 2.93. The lowest BCUT2D eigenvalue weighted by Crippen LogP contribution is -2.29. The number of hydrogen-bond acceptors (Lipinski definition) is 2. The molecule has 50 valence electrons. The number of hydrogen-bond donors (Lipinski definition) is 1. The topological polar surface area (TPSA) is 26.0 Å². The van der Waals surface area contributed by atoms with E-state index in [0.717, 1.165) is 13.0 Å². The summed E-state index contributed by atoms with van der Waals surface area (Å²) in [5, 5.41) is 0. The summed E-state index contributed by atoms with van der Waals surface area (Å²) in [5.41, 5.74) is 5.51. The van der Waals surface area contributed by atoms with E-state index in [1.165, 1.54) is 0 Å². The highest BCUT2D eigenvalue weighted by Gasteiger charge is 2.16. The largest absolute Gasteiger partial charge is 0.329 e. The minimum Gasteiger partial charge on any atom is -0.329 e. The molecule has 0 aromatic carbocycles. The third kappa shape index (κ3) is 2.05. The van der Waals surface area contributed by atoms with Gasteiger partial charge >= 0.3 is 0 Å². The predicted molar refractivity (Wildman–Crippen MR) is 41.3 cm³/mol. The van der Waals surface area contributed by atoms with Crippen LogP contribution in [0.5, 0.6) is 0 Å². The van der Waals surface area contributed by atoms with Gasteiger partial charge < -0.3 is 5.73 Å². The molecule has 2 heteroatoms. The van der Waals surface area contributed by atoms with Crippen molar-refractivity contribution >= 4 is 11.8 Å². The Kier molecular flexibility index (Phi) is 3.49. The van der Waals surface area contributed by atoms with Crippen LogP contribution in [0.1, 0.15) is 20.3 Å². The zero-order valence-electron chi connectivity index (χ0n) is 5.90. The van der Waals surface area contributed by atoms with E-state index in [1.807, 2.05) is 11.8 Å². The van der Waals surface area contributed by atoms with Gasteiger partial charge in [0.1, 0.15) is 0 Å². The Morgan fingerprint density at radius 1 is 1.62 bits per heavy atom. The molecule has 0 bridgehead atoms. The van der Waals surface area contributed by atoms with Crippen molar-refractivity contribution in [3.63, 3.8) is 0 Å². The monoisotopic (exact) mass is 133 g/mol. The zero-order valence-corrected chi connectivity index (χ0v) is 6.72. The van der Waals surface area contributed by atoms with Crippen LogP contribution >= 0.6 is 11.8 Å². The van der Waals surface area contributed by atoms with Crippen molar-refractivity contribution in [3.8, 4) is 0 Å². The molecule has 0 saturated heterocycles. The minimum absolute atomic E-state index is 0.319. The van der Waals surface area contributed by atoms with E-state index >= 15 is 0 Å². The predicted octanol–water partition coefficient (Wildman–Crippen LogP) is 1.48. The van der Waals surface area contributed by atoms with Crippen LogP contribution < -0.4 is 5.73 Å². The lowest BCUT2D eigenvalue weighted by Gasteiger charge is -2.22. The van der Waals surface area contributed by atoms with Crippen LogP contribution in [0, 0.1) is 0 Å². The molecule has 0 heterocycles. The van der Waals surface area contributed by atoms with Crippen LogP contribution in [-0.4, -0.2) is 17.5 Å². The van der Waals surface area contributed by atoms with Gasteiger partial charge in [-0.3, -0.25) is 0 Å². The van der Waals surface area contributed by atoms with E-state index in [2.05, 4.69) is 20.1 Å². The fourth-order valence-electron chi connectivity index (χ4n) is 0.372. The Morgan fingerprint density at radius 3 is 2.12 bits per heavy atom. The molecule has 0 amide bonds. The van der Waals surface area contributed by atoms with Crippen molar-refractivity contribution in [3.05, 3.63) is 0 Å². The maximum absolute atomic E-state index is 5.51. The summed E-state index contributed by atoms with van der Waals surface area (Å²) in [7, 11) is 0. The van der Waals surface area contributed by atoms with Gasteiger partial charge in [0, 0.05) is 11.3 Å². The normalized spacial score (nSPS) is 18.0. The molecular formula is C6H15NS. The average molecular weight is 133 g/mol. The van der Waals surface area contributed by atoms with Gasteiger partial charge in [0.05, 0.1) is 0 Å². The summed E-state index contributed by atoms with van der Waals surface area (Å²) >= 11 is 1.85. The molecule has 1 atom stereocenters. The Hall–Kier alpha value is 0.310. The van der Waals surface area contributed by atoms with E-state index in [0.29, 0.717) is 4.75 Å². The lowest BCUT2D eigenvalue weighted by atomic mass is 10.1. The number of thioether (sulfide) groups is 1. The zero-order chi connectivity index (χ0) is 6.62. The van der Waals surface area contributed by atoms with E-state index in [1.54, 1.807) is 0 Å². The van der Waals surface area contributed by atoms with Gasteiger partial charge in [-0.25, -0.2) is 0 Å². The second kappa shape index (κ2) is 3.36. The van der Waals surface area contributed by atoms with Crippen molar-refractivity contribution in [2.45, 2.75) is 25.0 Å². The van der Waals surface area contributed by atoms with Gasteiger partial charge in [0.25, 0.3) is 0 Å². The van der Waals surface area contributed by atoms with Crippen molar-refractivity contribution < 1.29 is 0 Å². The van der Waals surface area contributed by atoms with Crippen LogP contribution in [0.2, 0.25) is 0 Å². The summed E-state index contributed by atoms with van der Waals surface area (Å²) in [6.07, 6.45) is 3.26. The Labute approximate surface area is 56.0 Å². The summed E-state index contributed by atoms with van der Waals surface area (Å²) in [6, 6.07) is 0. The molecule has 8 heavy (non-hydrogen) atoms. The first kappa shape index (κ1) is 8.31. The van der Waals surface area contributed by atoms with Crippen LogP contribution in [-0.2, 0) is 0 Å². The smallest absolute Gasteiger partial charge is 0.0248 e. The molecule has 0 aromatic rings. The molecule has 0 radical (unpaired) electrons. The van der Waals surface area contributed by atoms with E-state index in [4.69, 9.17) is 5.73 Å². The average Bonchev–Trinajstić information content (AvgIpc) is 1.87. The van der Waals surface area contributed by atoms with E-state index < -0.39 is 0 Å². The molecule has 0 aromatic heterocycles. The fraction of sp³-hybridized carbons (Fsp3) is 1.00. The second-order valence-electron chi connectivity index (χ2n) is 2.21. The van der Waals surface area contributed by atoms with E-state index in [-0.39, 0.29) is 0 Å². The molecule has 0 fully saturated rings. The lowest BCUT2D eigenvalue weighted by molar-refractivity contribution is 0.633. The molecule has 2 N–H and O–H groups in total. The molecular weight excluding hydrogens is 118 g/mol. The summed E-state index contributed by atoms with van der Waals surface area (Å²) in [5.74, 6) is 0. The van der Waals surface area contributed by atoms with Gasteiger partial charge in [0.2, 0.25) is 0 Å². The highest BCUT2D eigenvalue weighted by atomic mass is 32.2. The van der Waals surface area contributed by atoms with Crippen LogP contribution in [0.25, 0.3) is 0 Å². The first-order chi connectivity index (χ1) is 3.68. The molecule has 0 saturated carbocycles. The number of nitrogens with two attached hydrogens (primary N) is 1. The summed E-state index contributed by atoms with van der Waals surface area (Å²) < 4.78 is 0.319. The molecule has 0 aliphatic rings. The summed E-state index contributed by atoms with van der Waals surface area (Å²) in [6.45, 7) is 5.14. The number of rotatable bonds is 3. The Morgan fingerprint density at radius 2 is 2.12 bits per heavy atom. The van der Waals surface area contributed by atoms with Crippen molar-refractivity contribution in [2.75, 3.05) is 12.8 Å². The Bertz CT molecular complexity index is 51.3.